The number of terminal acetylenes is 1. The highest BCUT2D eigenvalue weighted by atomic mass is 32.2. The van der Waals surface area contributed by atoms with E-state index in [2.05, 4.69) is 16.0 Å². The van der Waals surface area contributed by atoms with Crippen molar-refractivity contribution < 1.29 is 24.2 Å². The van der Waals surface area contributed by atoms with Crippen LogP contribution in [0.5, 0.6) is 0 Å². The van der Waals surface area contributed by atoms with Crippen LogP contribution in [-0.4, -0.2) is 54.3 Å². The van der Waals surface area contributed by atoms with Crippen molar-refractivity contribution in [2.45, 2.75) is 0 Å². The number of carbonyl (C=O) groups excluding carboxylic acids is 2. The molecule has 0 saturated carbocycles. The minimum atomic E-state index is -1.18. The average Bonchev–Trinajstić information content (AvgIpc) is 2.28. The number of carboxylic acid groups (broad SMARTS) is 1. The fourth-order valence-electron chi connectivity index (χ4n) is 0.806. The smallest absolute Gasteiger partial charge is 0.329 e. The number of hydrogen-bond donors (Lipinski definition) is 3. The van der Waals surface area contributed by atoms with E-state index in [0.29, 0.717) is 18.1 Å². The molecule has 0 heterocycles. The number of carbonyl (C=O) groups is 3. The number of aliphatic carboxylic acids is 1. The molecule has 7 nitrogen and oxygen atoms in total. The van der Waals surface area contributed by atoms with Crippen LogP contribution in [0, 0.1) is 12.3 Å². The molecule has 18 heavy (non-hydrogen) atoms. The van der Waals surface area contributed by atoms with Gasteiger partial charge in [0, 0.05) is 12.3 Å². The summed E-state index contributed by atoms with van der Waals surface area (Å²) in [6, 6.07) is -0.653. The third-order valence-electron chi connectivity index (χ3n) is 1.43. The Morgan fingerprint density at radius 3 is 2.67 bits per heavy atom. The Morgan fingerprint density at radius 1 is 1.33 bits per heavy atom. The van der Waals surface area contributed by atoms with Crippen LogP contribution in [0.25, 0.3) is 0 Å². The van der Waals surface area contributed by atoms with Crippen molar-refractivity contribution in [1.29, 1.82) is 0 Å². The summed E-state index contributed by atoms with van der Waals surface area (Å²) in [6.45, 7) is -0.690. The van der Waals surface area contributed by atoms with Crippen molar-refractivity contribution in [1.82, 2.24) is 10.6 Å². The van der Waals surface area contributed by atoms with Crippen LogP contribution in [0.3, 0.4) is 0 Å². The van der Waals surface area contributed by atoms with Crippen LogP contribution in [0.4, 0.5) is 4.79 Å². The highest BCUT2D eigenvalue weighted by Crippen LogP contribution is 1.94. The zero-order valence-electron chi connectivity index (χ0n) is 9.60. The Labute approximate surface area is 109 Å². The highest BCUT2D eigenvalue weighted by molar-refractivity contribution is 7.99. The molecule has 8 heteroatoms. The summed E-state index contributed by atoms with van der Waals surface area (Å²) in [7, 11) is 0. The van der Waals surface area contributed by atoms with E-state index in [0.717, 1.165) is 0 Å². The Kier molecular flexibility index (Phi) is 9.44. The van der Waals surface area contributed by atoms with Gasteiger partial charge in [0.05, 0.1) is 5.75 Å². The van der Waals surface area contributed by atoms with Gasteiger partial charge in [0.15, 0.2) is 0 Å². The van der Waals surface area contributed by atoms with Gasteiger partial charge in [0.1, 0.15) is 13.2 Å². The summed E-state index contributed by atoms with van der Waals surface area (Å²) >= 11 is 1.48. The summed E-state index contributed by atoms with van der Waals surface area (Å²) < 4.78 is 4.50. The zero-order chi connectivity index (χ0) is 13.8. The topological polar surface area (TPSA) is 105 Å². The maximum atomic E-state index is 11.1. The lowest BCUT2D eigenvalue weighted by atomic mass is 10.6. The summed E-state index contributed by atoms with van der Waals surface area (Å²) in [4.78, 5) is 32.2. The van der Waals surface area contributed by atoms with Crippen molar-refractivity contribution >= 4 is 29.7 Å². The summed E-state index contributed by atoms with van der Waals surface area (Å²) in [5, 5.41) is 12.7. The van der Waals surface area contributed by atoms with E-state index >= 15 is 0 Å². The number of nitrogens with one attached hydrogen (secondary N) is 2. The van der Waals surface area contributed by atoms with Crippen molar-refractivity contribution in [3.63, 3.8) is 0 Å². The van der Waals surface area contributed by atoms with Gasteiger partial charge in [-0.3, -0.25) is 10.1 Å². The van der Waals surface area contributed by atoms with Crippen molar-refractivity contribution in [3.05, 3.63) is 0 Å². The SMILES string of the molecule is C#CCSCCNC(=O)NC(=O)COCC(=O)O. The standard InChI is InChI=1S/C10H14N2O5S/c1-2-4-18-5-3-11-10(16)12-8(13)6-17-7-9(14)15/h1H,3-7H2,(H,14,15)(H2,11,12,13,16). The molecule has 0 aliphatic rings. The van der Waals surface area contributed by atoms with E-state index in [1.165, 1.54) is 11.8 Å². The monoisotopic (exact) mass is 274 g/mol. The molecule has 0 radical (unpaired) electrons. The van der Waals surface area contributed by atoms with E-state index < -0.39 is 31.1 Å². The quantitative estimate of drug-likeness (QED) is 0.398. The second kappa shape index (κ2) is 10.4. The first kappa shape index (κ1) is 16.3. The van der Waals surface area contributed by atoms with Crippen LogP contribution in [0.15, 0.2) is 0 Å². The Balaban J connectivity index is 3.53. The second-order valence-corrected chi connectivity index (χ2v) is 4.05. The van der Waals surface area contributed by atoms with Crippen molar-refractivity contribution in [3.8, 4) is 12.3 Å². The molecule has 0 unspecified atom stereocenters. The van der Waals surface area contributed by atoms with Gasteiger partial charge in [-0.2, -0.15) is 0 Å². The molecule has 100 valence electrons. The van der Waals surface area contributed by atoms with Crippen molar-refractivity contribution in [2.75, 3.05) is 31.3 Å². The van der Waals surface area contributed by atoms with Crippen LogP contribution < -0.4 is 10.6 Å². The summed E-state index contributed by atoms with van der Waals surface area (Å²) in [5.74, 6) is 1.75. The first-order valence-corrected chi connectivity index (χ1v) is 6.10. The van der Waals surface area contributed by atoms with Crippen LogP contribution in [0.1, 0.15) is 0 Å². The van der Waals surface area contributed by atoms with Crippen molar-refractivity contribution in [2.24, 2.45) is 0 Å². The molecule has 0 aromatic carbocycles. The van der Waals surface area contributed by atoms with Gasteiger partial charge < -0.3 is 15.2 Å². The molecular weight excluding hydrogens is 260 g/mol. The van der Waals surface area contributed by atoms with E-state index in [4.69, 9.17) is 11.5 Å². The number of rotatable bonds is 8. The maximum Gasteiger partial charge on any atom is 0.329 e. The minimum absolute atomic E-state index is 0.376. The lowest BCUT2D eigenvalue weighted by Gasteiger charge is -2.05. The zero-order valence-corrected chi connectivity index (χ0v) is 10.4. The molecule has 0 bridgehead atoms. The number of urea groups is 1. The first-order valence-electron chi connectivity index (χ1n) is 4.94. The molecular formula is C10H14N2O5S. The predicted octanol–water partition coefficient (Wildman–Crippen LogP) is -0.720. The average molecular weight is 274 g/mol. The molecule has 0 aromatic rings. The molecule has 0 fully saturated rings. The molecule has 3 amide bonds. The van der Waals surface area contributed by atoms with Gasteiger partial charge in [-0.05, 0) is 0 Å². The highest BCUT2D eigenvalue weighted by Gasteiger charge is 2.07. The van der Waals surface area contributed by atoms with Gasteiger partial charge in [-0.25, -0.2) is 9.59 Å². The van der Waals surface area contributed by atoms with E-state index in [1.807, 2.05) is 5.32 Å². The number of amides is 3. The Hall–Kier alpha value is -1.72. The molecule has 3 N–H and O–H groups in total. The third kappa shape index (κ3) is 10.8. The van der Waals surface area contributed by atoms with Crippen LogP contribution in [-0.2, 0) is 14.3 Å². The van der Waals surface area contributed by atoms with Gasteiger partial charge >= 0.3 is 12.0 Å². The Morgan fingerprint density at radius 2 is 2.06 bits per heavy atom. The molecule has 0 rings (SSSR count). The van der Waals surface area contributed by atoms with Gasteiger partial charge in [-0.1, -0.05) is 5.92 Å². The fraction of sp³-hybridized carbons (Fsp3) is 0.500. The molecule has 0 saturated heterocycles. The largest absolute Gasteiger partial charge is 0.480 e. The number of ether oxygens (including phenoxy) is 1. The lowest BCUT2D eigenvalue weighted by Crippen LogP contribution is -2.42. The number of carboxylic acids is 1. The van der Waals surface area contributed by atoms with E-state index in [-0.39, 0.29) is 0 Å². The van der Waals surface area contributed by atoms with E-state index in [9.17, 15) is 14.4 Å². The Bertz CT molecular complexity index is 340. The maximum absolute atomic E-state index is 11.1. The second-order valence-electron chi connectivity index (χ2n) is 2.95. The number of hydrogen-bond acceptors (Lipinski definition) is 5. The predicted molar refractivity (Wildman–Crippen MR) is 66.2 cm³/mol. The lowest BCUT2D eigenvalue weighted by molar-refractivity contribution is -0.143. The van der Waals surface area contributed by atoms with Crippen LogP contribution >= 0.6 is 11.8 Å². The normalized spacial score (nSPS) is 9.28. The van der Waals surface area contributed by atoms with Crippen LogP contribution in [0.2, 0.25) is 0 Å². The fourth-order valence-corrected chi connectivity index (χ4v) is 1.31. The summed E-state index contributed by atoms with van der Waals surface area (Å²) in [5.41, 5.74) is 0. The third-order valence-corrected chi connectivity index (χ3v) is 2.29. The molecule has 0 spiro atoms. The summed E-state index contributed by atoms with van der Waals surface area (Å²) in [6.07, 6.45) is 5.03. The molecule has 0 aromatic heterocycles. The molecule has 0 atom stereocenters. The molecule has 0 aliphatic carbocycles. The van der Waals surface area contributed by atoms with Gasteiger partial charge in [-0.15, -0.1) is 18.2 Å². The number of thioether (sulfide) groups is 1. The molecule has 0 aliphatic heterocycles. The first-order chi connectivity index (χ1) is 8.56. The van der Waals surface area contributed by atoms with Gasteiger partial charge in [0.25, 0.3) is 5.91 Å². The van der Waals surface area contributed by atoms with Gasteiger partial charge in [0.2, 0.25) is 0 Å². The van der Waals surface area contributed by atoms with E-state index in [1.54, 1.807) is 0 Å². The minimum Gasteiger partial charge on any atom is -0.480 e. The number of imide groups is 1.